The molecule has 7 nitrogen and oxygen atoms in total. The summed E-state index contributed by atoms with van der Waals surface area (Å²) < 4.78 is 5.44. The van der Waals surface area contributed by atoms with E-state index >= 15 is 0 Å². The van der Waals surface area contributed by atoms with Gasteiger partial charge in [0.2, 0.25) is 5.95 Å². The summed E-state index contributed by atoms with van der Waals surface area (Å²) in [5.41, 5.74) is 5.95. The number of nitrogens with one attached hydrogen (secondary N) is 2. The van der Waals surface area contributed by atoms with Crippen molar-refractivity contribution in [1.29, 1.82) is 0 Å². The van der Waals surface area contributed by atoms with Crippen LogP contribution in [0.15, 0.2) is 61.1 Å². The van der Waals surface area contributed by atoms with Crippen molar-refractivity contribution in [3.8, 4) is 11.3 Å². The molecule has 3 heterocycles. The first kappa shape index (κ1) is 16.7. The summed E-state index contributed by atoms with van der Waals surface area (Å²) in [6, 6.07) is 16.3. The zero-order chi connectivity index (χ0) is 18.8. The summed E-state index contributed by atoms with van der Waals surface area (Å²) in [6.07, 6.45) is 3.47. The lowest BCUT2D eigenvalue weighted by molar-refractivity contribution is 0.122. The largest absolute Gasteiger partial charge is 0.378 e. The summed E-state index contributed by atoms with van der Waals surface area (Å²) in [4.78, 5) is 18.8. The van der Waals surface area contributed by atoms with E-state index < -0.39 is 0 Å². The average molecular weight is 372 g/mol. The second kappa shape index (κ2) is 7.28. The molecule has 0 spiro atoms. The fourth-order valence-electron chi connectivity index (χ4n) is 3.41. The maximum Gasteiger partial charge on any atom is 0.227 e. The van der Waals surface area contributed by atoms with E-state index in [0.717, 1.165) is 54.3 Å². The van der Waals surface area contributed by atoms with Crippen LogP contribution in [0.2, 0.25) is 0 Å². The topological polar surface area (TPSA) is 79.0 Å². The highest BCUT2D eigenvalue weighted by Gasteiger charge is 2.12. The third-order valence-corrected chi connectivity index (χ3v) is 4.85. The third-order valence-electron chi connectivity index (χ3n) is 4.85. The van der Waals surface area contributed by atoms with Crippen molar-refractivity contribution in [3.63, 3.8) is 0 Å². The number of rotatable bonds is 4. The van der Waals surface area contributed by atoms with Gasteiger partial charge in [0.15, 0.2) is 0 Å². The van der Waals surface area contributed by atoms with Crippen molar-refractivity contribution in [1.82, 2.24) is 19.9 Å². The molecule has 1 saturated heterocycles. The molecule has 0 aliphatic carbocycles. The van der Waals surface area contributed by atoms with Gasteiger partial charge in [-0.15, -0.1) is 0 Å². The minimum atomic E-state index is 0.571. The van der Waals surface area contributed by atoms with Crippen LogP contribution in [0.1, 0.15) is 0 Å². The number of aromatic nitrogens is 4. The van der Waals surface area contributed by atoms with Gasteiger partial charge in [0.05, 0.1) is 36.3 Å². The van der Waals surface area contributed by atoms with Crippen LogP contribution < -0.4 is 10.2 Å². The minimum absolute atomic E-state index is 0.571. The molecule has 0 bridgehead atoms. The molecule has 7 heteroatoms. The Bertz CT molecular complexity index is 1100. The third kappa shape index (κ3) is 3.39. The molecular weight excluding hydrogens is 352 g/mol. The molecule has 140 valence electrons. The molecule has 0 radical (unpaired) electrons. The Morgan fingerprint density at radius 1 is 1.00 bits per heavy atom. The zero-order valence-electron chi connectivity index (χ0n) is 15.3. The first-order valence-corrected chi connectivity index (χ1v) is 9.31. The number of anilines is 3. The van der Waals surface area contributed by atoms with Crippen molar-refractivity contribution in [2.75, 3.05) is 36.5 Å². The number of H-pyrrole nitrogens is 1. The highest BCUT2D eigenvalue weighted by atomic mass is 16.5. The average Bonchev–Trinajstić information content (AvgIpc) is 3.23. The van der Waals surface area contributed by atoms with Gasteiger partial charge in [-0.25, -0.2) is 15.0 Å². The number of imidazole rings is 1. The maximum absolute atomic E-state index is 5.44. The molecule has 1 fully saturated rings. The molecular formula is C21H20N6O. The SMILES string of the molecule is c1cc(Nc2nccc(-c3ccc4nc[nH]c4c3)n2)cc(N2CCOCC2)c1. The van der Waals surface area contributed by atoms with Crippen LogP contribution in [0.25, 0.3) is 22.3 Å². The van der Waals surface area contributed by atoms with E-state index in [2.05, 4.69) is 42.3 Å². The van der Waals surface area contributed by atoms with Crippen LogP contribution in [-0.2, 0) is 4.74 Å². The Morgan fingerprint density at radius 2 is 1.93 bits per heavy atom. The maximum atomic E-state index is 5.44. The molecule has 1 aliphatic heterocycles. The van der Waals surface area contributed by atoms with E-state index in [-0.39, 0.29) is 0 Å². The zero-order valence-corrected chi connectivity index (χ0v) is 15.3. The van der Waals surface area contributed by atoms with Gasteiger partial charge in [0.1, 0.15) is 0 Å². The van der Waals surface area contributed by atoms with Crippen molar-refractivity contribution < 1.29 is 4.74 Å². The number of fused-ring (bicyclic) bond motifs is 1. The Labute approximate surface area is 162 Å². The van der Waals surface area contributed by atoms with E-state index in [1.807, 2.05) is 36.4 Å². The van der Waals surface area contributed by atoms with Gasteiger partial charge in [-0.3, -0.25) is 0 Å². The monoisotopic (exact) mass is 372 g/mol. The standard InChI is InChI=1S/C21H20N6O/c1-2-16(13-17(3-1)27-8-10-28-11-9-27)25-21-22-7-6-18(26-21)15-4-5-19-20(12-15)24-14-23-19/h1-7,12-14H,8-11H2,(H,23,24)(H,22,25,26). The predicted octanol–water partition coefficient (Wildman–Crippen LogP) is 3.60. The van der Waals surface area contributed by atoms with Crippen molar-refractivity contribution in [3.05, 3.63) is 61.1 Å². The molecule has 0 atom stereocenters. The molecule has 4 aromatic rings. The normalized spacial score (nSPS) is 14.4. The molecule has 5 rings (SSSR count). The van der Waals surface area contributed by atoms with Crippen LogP contribution in [0.3, 0.4) is 0 Å². The van der Waals surface area contributed by atoms with E-state index in [9.17, 15) is 0 Å². The summed E-state index contributed by atoms with van der Waals surface area (Å²) in [5.74, 6) is 0.571. The van der Waals surface area contributed by atoms with Crippen molar-refractivity contribution in [2.24, 2.45) is 0 Å². The van der Waals surface area contributed by atoms with Gasteiger partial charge in [-0.2, -0.15) is 0 Å². The van der Waals surface area contributed by atoms with Crippen LogP contribution in [0, 0.1) is 0 Å². The quantitative estimate of drug-likeness (QED) is 0.570. The van der Waals surface area contributed by atoms with Gasteiger partial charge in [-0.05, 0) is 36.4 Å². The summed E-state index contributed by atoms with van der Waals surface area (Å²) >= 11 is 0. The van der Waals surface area contributed by atoms with Gasteiger partial charge < -0.3 is 19.9 Å². The number of hydrogen-bond donors (Lipinski definition) is 2. The summed E-state index contributed by atoms with van der Waals surface area (Å²) in [7, 11) is 0. The molecule has 0 saturated carbocycles. The highest BCUT2D eigenvalue weighted by Crippen LogP contribution is 2.25. The molecule has 0 unspecified atom stereocenters. The molecule has 2 N–H and O–H groups in total. The van der Waals surface area contributed by atoms with E-state index in [4.69, 9.17) is 4.74 Å². The second-order valence-corrected chi connectivity index (χ2v) is 6.67. The fourth-order valence-corrected chi connectivity index (χ4v) is 3.41. The summed E-state index contributed by atoms with van der Waals surface area (Å²) in [6.45, 7) is 3.35. The smallest absolute Gasteiger partial charge is 0.227 e. The van der Waals surface area contributed by atoms with Gasteiger partial charge in [0.25, 0.3) is 0 Å². The molecule has 2 aromatic carbocycles. The first-order chi connectivity index (χ1) is 13.8. The number of hydrogen-bond acceptors (Lipinski definition) is 6. The highest BCUT2D eigenvalue weighted by molar-refractivity contribution is 5.80. The lowest BCUT2D eigenvalue weighted by Crippen LogP contribution is -2.36. The van der Waals surface area contributed by atoms with E-state index in [1.54, 1.807) is 12.5 Å². The number of ether oxygens (including phenoxy) is 1. The van der Waals surface area contributed by atoms with Crippen LogP contribution in [0.5, 0.6) is 0 Å². The number of benzene rings is 2. The van der Waals surface area contributed by atoms with E-state index in [0.29, 0.717) is 5.95 Å². The van der Waals surface area contributed by atoms with Crippen LogP contribution in [0.4, 0.5) is 17.3 Å². The molecule has 2 aromatic heterocycles. The predicted molar refractivity (Wildman–Crippen MR) is 110 cm³/mol. The first-order valence-electron chi connectivity index (χ1n) is 9.31. The van der Waals surface area contributed by atoms with Crippen molar-refractivity contribution in [2.45, 2.75) is 0 Å². The number of nitrogens with zero attached hydrogens (tertiary/aromatic N) is 4. The Balaban J connectivity index is 1.39. The van der Waals surface area contributed by atoms with Crippen LogP contribution in [-0.4, -0.2) is 46.2 Å². The van der Waals surface area contributed by atoms with Crippen molar-refractivity contribution >= 4 is 28.4 Å². The summed E-state index contributed by atoms with van der Waals surface area (Å²) in [5, 5.41) is 3.33. The lowest BCUT2D eigenvalue weighted by atomic mass is 10.1. The lowest BCUT2D eigenvalue weighted by Gasteiger charge is -2.29. The van der Waals surface area contributed by atoms with Gasteiger partial charge >= 0.3 is 0 Å². The Morgan fingerprint density at radius 3 is 2.86 bits per heavy atom. The van der Waals surface area contributed by atoms with Gasteiger partial charge in [0, 0.05) is 36.2 Å². The number of aromatic amines is 1. The Kier molecular flexibility index (Phi) is 4.34. The van der Waals surface area contributed by atoms with E-state index in [1.165, 1.54) is 5.69 Å². The van der Waals surface area contributed by atoms with Gasteiger partial charge in [-0.1, -0.05) is 12.1 Å². The number of morpholine rings is 1. The molecule has 1 aliphatic rings. The second-order valence-electron chi connectivity index (χ2n) is 6.67. The van der Waals surface area contributed by atoms with Crippen LogP contribution >= 0.6 is 0 Å². The molecule has 0 amide bonds. The minimum Gasteiger partial charge on any atom is -0.378 e. The fraction of sp³-hybridized carbons (Fsp3) is 0.190. The Hall–Kier alpha value is -3.45. The molecule has 28 heavy (non-hydrogen) atoms.